The van der Waals surface area contributed by atoms with Gasteiger partial charge in [-0.2, -0.15) is 0 Å². The molecule has 0 fully saturated rings. The number of aromatic hydroxyl groups is 1. The van der Waals surface area contributed by atoms with Crippen LogP contribution in [-0.4, -0.2) is 23.8 Å². The molecule has 0 bridgehead atoms. The molecule has 0 aliphatic carbocycles. The van der Waals surface area contributed by atoms with Crippen LogP contribution >= 0.6 is 11.6 Å². The maximum atomic E-state index is 12.0. The number of methoxy groups -OCH3 is 1. The number of benzene rings is 2. The molecule has 0 heterocycles. The zero-order valence-corrected chi connectivity index (χ0v) is 13.2. The molecule has 0 spiro atoms. The number of allylic oxidation sites excluding steroid dienone is 1. The molecule has 0 aliphatic rings. The Balaban J connectivity index is 2.02. The number of ketones is 2. The lowest BCUT2D eigenvalue weighted by Crippen LogP contribution is -2.06. The molecule has 2 aromatic carbocycles. The number of hydrogen-bond donors (Lipinski definition) is 1. The predicted octanol–water partition coefficient (Wildman–Crippen LogP) is 3.91. The lowest BCUT2D eigenvalue weighted by Gasteiger charge is -2.03. The van der Waals surface area contributed by atoms with Crippen molar-refractivity contribution in [2.45, 2.75) is 6.42 Å². The summed E-state index contributed by atoms with van der Waals surface area (Å²) in [4.78, 5) is 23.9. The second-order valence-corrected chi connectivity index (χ2v) is 5.27. The molecule has 0 aliphatic heterocycles. The summed E-state index contributed by atoms with van der Waals surface area (Å²) in [6.07, 6.45) is 2.62. The molecule has 0 radical (unpaired) electrons. The van der Waals surface area contributed by atoms with Crippen molar-refractivity contribution >= 4 is 29.2 Å². The monoisotopic (exact) mass is 330 g/mol. The molecule has 5 heteroatoms. The summed E-state index contributed by atoms with van der Waals surface area (Å²) < 4.78 is 5.05. The Labute approximate surface area is 139 Å². The van der Waals surface area contributed by atoms with E-state index >= 15 is 0 Å². The van der Waals surface area contributed by atoms with E-state index in [0.29, 0.717) is 5.02 Å². The summed E-state index contributed by atoms with van der Waals surface area (Å²) in [7, 11) is 1.57. The van der Waals surface area contributed by atoms with Gasteiger partial charge in [0, 0.05) is 5.02 Å². The molecule has 0 atom stereocenters. The third-order valence-electron chi connectivity index (χ3n) is 3.17. The molecule has 0 saturated heterocycles. The number of Topliss-reactive ketones (excluding diaryl/α,β-unsaturated/α-hetero) is 1. The minimum atomic E-state index is -0.477. The van der Waals surface area contributed by atoms with Gasteiger partial charge in [0.2, 0.25) is 0 Å². The van der Waals surface area contributed by atoms with Crippen LogP contribution in [0.15, 0.2) is 48.5 Å². The summed E-state index contributed by atoms with van der Waals surface area (Å²) in [5.74, 6) is -0.300. The first-order valence-corrected chi connectivity index (χ1v) is 7.24. The van der Waals surface area contributed by atoms with Crippen LogP contribution in [0.3, 0.4) is 0 Å². The van der Waals surface area contributed by atoms with E-state index in [9.17, 15) is 14.7 Å². The van der Waals surface area contributed by atoms with Crippen molar-refractivity contribution in [3.05, 3.63) is 64.7 Å². The molecule has 0 aromatic heterocycles. The van der Waals surface area contributed by atoms with Gasteiger partial charge in [0.15, 0.2) is 11.6 Å². The minimum absolute atomic E-state index is 0.0451. The number of phenolic OH excluding ortho intramolecular Hbond substituents is 1. The molecular formula is C18H15ClO4. The van der Waals surface area contributed by atoms with Gasteiger partial charge < -0.3 is 9.84 Å². The Kier molecular flexibility index (Phi) is 5.55. The Hall–Kier alpha value is -2.59. The molecule has 4 nitrogen and oxygen atoms in total. The van der Waals surface area contributed by atoms with Gasteiger partial charge in [-0.25, -0.2) is 0 Å². The first-order valence-electron chi connectivity index (χ1n) is 6.86. The van der Waals surface area contributed by atoms with Crippen molar-refractivity contribution in [3.8, 4) is 11.5 Å². The van der Waals surface area contributed by atoms with Gasteiger partial charge in [-0.15, -0.1) is 0 Å². The Morgan fingerprint density at radius 1 is 1.17 bits per heavy atom. The lowest BCUT2D eigenvalue weighted by atomic mass is 10.0. The van der Waals surface area contributed by atoms with Crippen molar-refractivity contribution in [2.24, 2.45) is 0 Å². The number of hydrogen-bond acceptors (Lipinski definition) is 4. The van der Waals surface area contributed by atoms with Crippen molar-refractivity contribution < 1.29 is 19.4 Å². The van der Waals surface area contributed by atoms with E-state index in [4.69, 9.17) is 16.3 Å². The Bertz CT molecular complexity index is 748. The van der Waals surface area contributed by atoms with E-state index in [2.05, 4.69) is 0 Å². The molecule has 0 amide bonds. The fourth-order valence-corrected chi connectivity index (χ4v) is 2.12. The van der Waals surface area contributed by atoms with E-state index in [0.717, 1.165) is 11.3 Å². The average Bonchev–Trinajstić information content (AvgIpc) is 2.55. The third-order valence-corrected chi connectivity index (χ3v) is 3.41. The summed E-state index contributed by atoms with van der Waals surface area (Å²) in [6.45, 7) is 0. The summed E-state index contributed by atoms with van der Waals surface area (Å²) in [6, 6.07) is 11.3. The molecule has 1 N–H and O–H groups in total. The van der Waals surface area contributed by atoms with Gasteiger partial charge in [0.25, 0.3) is 0 Å². The first kappa shape index (κ1) is 16.8. The van der Waals surface area contributed by atoms with E-state index in [1.807, 2.05) is 0 Å². The topological polar surface area (TPSA) is 63.6 Å². The van der Waals surface area contributed by atoms with Gasteiger partial charge in [0.1, 0.15) is 11.5 Å². The van der Waals surface area contributed by atoms with Crippen molar-refractivity contribution in [1.29, 1.82) is 0 Å². The largest absolute Gasteiger partial charge is 0.507 e. The van der Waals surface area contributed by atoms with Gasteiger partial charge in [-0.05, 0) is 42.0 Å². The highest BCUT2D eigenvalue weighted by atomic mass is 35.5. The van der Waals surface area contributed by atoms with Crippen LogP contribution in [0, 0.1) is 0 Å². The van der Waals surface area contributed by atoms with Crippen LogP contribution in [0.5, 0.6) is 11.5 Å². The number of carbonyl (C=O) groups excluding carboxylic acids is 2. The number of carbonyl (C=O) groups is 2. The molecule has 0 unspecified atom stereocenters. The van der Waals surface area contributed by atoms with Crippen LogP contribution in [0.2, 0.25) is 5.02 Å². The standard InChI is InChI=1S/C18H15ClO4/c1-23-15-7-3-12(4-8-15)2-6-14(20)11-18(22)16-10-13(19)5-9-17(16)21/h2-10,21H,11H2,1H3/b6-2+. The van der Waals surface area contributed by atoms with Crippen molar-refractivity contribution in [1.82, 2.24) is 0 Å². The van der Waals surface area contributed by atoms with E-state index < -0.39 is 5.78 Å². The fraction of sp³-hybridized carbons (Fsp3) is 0.111. The normalized spacial score (nSPS) is 10.7. The smallest absolute Gasteiger partial charge is 0.174 e. The van der Waals surface area contributed by atoms with Gasteiger partial charge >= 0.3 is 0 Å². The molecular weight excluding hydrogens is 316 g/mol. The molecule has 118 valence electrons. The molecule has 23 heavy (non-hydrogen) atoms. The third kappa shape index (κ3) is 4.69. The minimum Gasteiger partial charge on any atom is -0.507 e. The lowest BCUT2D eigenvalue weighted by molar-refractivity contribution is -0.113. The Morgan fingerprint density at radius 3 is 2.52 bits per heavy atom. The summed E-state index contributed by atoms with van der Waals surface area (Å²) in [5, 5.41) is 9.98. The zero-order valence-electron chi connectivity index (χ0n) is 12.5. The van der Waals surface area contributed by atoms with Crippen LogP contribution < -0.4 is 4.74 Å². The second kappa shape index (κ2) is 7.61. The van der Waals surface area contributed by atoms with Crippen molar-refractivity contribution in [2.75, 3.05) is 7.11 Å². The van der Waals surface area contributed by atoms with E-state index in [-0.39, 0.29) is 23.5 Å². The number of halogens is 1. The zero-order chi connectivity index (χ0) is 16.8. The van der Waals surface area contributed by atoms with Gasteiger partial charge in [-0.1, -0.05) is 29.8 Å². The number of phenols is 1. The average molecular weight is 331 g/mol. The first-order chi connectivity index (χ1) is 11.0. The van der Waals surface area contributed by atoms with Gasteiger partial charge in [-0.3, -0.25) is 9.59 Å². The summed E-state index contributed by atoms with van der Waals surface area (Å²) >= 11 is 5.79. The number of ether oxygens (including phenoxy) is 1. The highest BCUT2D eigenvalue weighted by Crippen LogP contribution is 2.23. The summed E-state index contributed by atoms with van der Waals surface area (Å²) in [5.41, 5.74) is 0.862. The molecule has 2 aromatic rings. The second-order valence-electron chi connectivity index (χ2n) is 4.83. The maximum absolute atomic E-state index is 12.0. The van der Waals surface area contributed by atoms with Crippen LogP contribution in [0.4, 0.5) is 0 Å². The van der Waals surface area contributed by atoms with Crippen LogP contribution in [-0.2, 0) is 4.79 Å². The SMILES string of the molecule is COc1ccc(/C=C/C(=O)CC(=O)c2cc(Cl)ccc2O)cc1. The fourth-order valence-electron chi connectivity index (χ4n) is 1.95. The predicted molar refractivity (Wildman–Crippen MR) is 89.1 cm³/mol. The molecule has 2 rings (SSSR count). The van der Waals surface area contributed by atoms with E-state index in [1.165, 1.54) is 24.3 Å². The Morgan fingerprint density at radius 2 is 1.87 bits per heavy atom. The van der Waals surface area contributed by atoms with Crippen molar-refractivity contribution in [3.63, 3.8) is 0 Å². The number of rotatable bonds is 6. The molecule has 0 saturated carbocycles. The maximum Gasteiger partial charge on any atom is 0.174 e. The van der Waals surface area contributed by atoms with Gasteiger partial charge in [0.05, 0.1) is 19.1 Å². The van der Waals surface area contributed by atoms with Crippen LogP contribution in [0.1, 0.15) is 22.3 Å². The van der Waals surface area contributed by atoms with E-state index in [1.54, 1.807) is 37.5 Å². The van der Waals surface area contributed by atoms with Crippen LogP contribution in [0.25, 0.3) is 6.08 Å². The quantitative estimate of drug-likeness (QED) is 0.495. The highest BCUT2D eigenvalue weighted by Gasteiger charge is 2.14. The highest BCUT2D eigenvalue weighted by molar-refractivity contribution is 6.31.